The van der Waals surface area contributed by atoms with Crippen LogP contribution in [0.15, 0.2) is 0 Å². The van der Waals surface area contributed by atoms with Gasteiger partial charge in [0.1, 0.15) is 6.04 Å². The molecule has 1 saturated carbocycles. The van der Waals surface area contributed by atoms with Crippen molar-refractivity contribution in [2.75, 3.05) is 39.3 Å². The third-order valence-electron chi connectivity index (χ3n) is 4.31. The van der Waals surface area contributed by atoms with E-state index in [0.29, 0.717) is 12.6 Å². The highest BCUT2D eigenvalue weighted by atomic mass is 16.5. The van der Waals surface area contributed by atoms with Crippen LogP contribution >= 0.6 is 0 Å². The van der Waals surface area contributed by atoms with Crippen LogP contribution in [0.25, 0.3) is 0 Å². The Kier molecular flexibility index (Phi) is 6.45. The summed E-state index contributed by atoms with van der Waals surface area (Å²) in [6.45, 7) is 12.1. The quantitative estimate of drug-likeness (QED) is 0.679. The molecule has 1 unspecified atom stereocenters. The van der Waals surface area contributed by atoms with Gasteiger partial charge in [-0.25, -0.2) is 0 Å². The first kappa shape index (κ1) is 16.7. The third-order valence-corrected chi connectivity index (χ3v) is 4.31. The number of carbonyl (C=O) groups excluding carboxylic acids is 1. The standard InChI is InChI=1S/C16H31N3O2/c1-4-21-16(20)15(17-13(2)3)7-8-18-9-11-19(12-10-18)14-5-6-14/h13-15,17H,4-12H2,1-3H3. The molecule has 5 nitrogen and oxygen atoms in total. The lowest BCUT2D eigenvalue weighted by Gasteiger charge is -2.35. The molecule has 0 aromatic rings. The number of ether oxygens (including phenoxy) is 1. The molecule has 0 aromatic carbocycles. The molecule has 2 rings (SSSR count). The number of rotatable bonds is 8. The summed E-state index contributed by atoms with van der Waals surface area (Å²) in [5.74, 6) is -0.109. The molecule has 1 heterocycles. The predicted molar refractivity (Wildman–Crippen MR) is 84.3 cm³/mol. The van der Waals surface area contributed by atoms with Gasteiger partial charge in [-0.1, -0.05) is 13.8 Å². The molecule has 1 N–H and O–H groups in total. The molecule has 2 aliphatic rings. The van der Waals surface area contributed by atoms with E-state index in [1.54, 1.807) is 0 Å². The van der Waals surface area contributed by atoms with Gasteiger partial charge in [-0.3, -0.25) is 9.69 Å². The Balaban J connectivity index is 1.71. The van der Waals surface area contributed by atoms with Crippen molar-refractivity contribution in [2.24, 2.45) is 0 Å². The van der Waals surface area contributed by atoms with Gasteiger partial charge in [0.05, 0.1) is 6.61 Å². The fraction of sp³-hybridized carbons (Fsp3) is 0.938. The van der Waals surface area contributed by atoms with Gasteiger partial charge in [-0.05, 0) is 26.2 Å². The summed E-state index contributed by atoms with van der Waals surface area (Å²) in [6, 6.07) is 1.000. The Hall–Kier alpha value is -0.650. The second-order valence-corrected chi connectivity index (χ2v) is 6.52. The molecule has 5 heteroatoms. The molecule has 0 amide bonds. The van der Waals surface area contributed by atoms with Gasteiger partial charge >= 0.3 is 5.97 Å². The molecule has 0 aromatic heterocycles. The van der Waals surface area contributed by atoms with E-state index in [4.69, 9.17) is 4.74 Å². The Morgan fingerprint density at radius 1 is 1.24 bits per heavy atom. The van der Waals surface area contributed by atoms with E-state index >= 15 is 0 Å². The maximum atomic E-state index is 12.0. The molecule has 1 saturated heterocycles. The van der Waals surface area contributed by atoms with Crippen molar-refractivity contribution in [3.05, 3.63) is 0 Å². The highest BCUT2D eigenvalue weighted by molar-refractivity contribution is 5.75. The normalized spacial score (nSPS) is 22.5. The molecular formula is C16H31N3O2. The van der Waals surface area contributed by atoms with E-state index in [-0.39, 0.29) is 12.0 Å². The molecule has 1 aliphatic carbocycles. The van der Waals surface area contributed by atoms with Crippen molar-refractivity contribution < 1.29 is 9.53 Å². The van der Waals surface area contributed by atoms with Crippen LogP contribution < -0.4 is 5.32 Å². The summed E-state index contributed by atoms with van der Waals surface area (Å²) in [7, 11) is 0. The van der Waals surface area contributed by atoms with E-state index in [1.807, 2.05) is 6.92 Å². The van der Waals surface area contributed by atoms with E-state index in [0.717, 1.165) is 32.1 Å². The van der Waals surface area contributed by atoms with Crippen molar-refractivity contribution in [1.82, 2.24) is 15.1 Å². The van der Waals surface area contributed by atoms with Crippen LogP contribution in [0.4, 0.5) is 0 Å². The first-order valence-corrected chi connectivity index (χ1v) is 8.49. The van der Waals surface area contributed by atoms with Crippen molar-refractivity contribution in [2.45, 2.75) is 58.2 Å². The minimum atomic E-state index is -0.175. The van der Waals surface area contributed by atoms with E-state index < -0.39 is 0 Å². The number of esters is 1. The second kappa shape index (κ2) is 8.11. The van der Waals surface area contributed by atoms with Gasteiger partial charge in [-0.15, -0.1) is 0 Å². The van der Waals surface area contributed by atoms with Crippen molar-refractivity contribution in [1.29, 1.82) is 0 Å². The van der Waals surface area contributed by atoms with Crippen LogP contribution in [0.2, 0.25) is 0 Å². The lowest BCUT2D eigenvalue weighted by atomic mass is 10.1. The van der Waals surface area contributed by atoms with Gasteiger partial charge in [-0.2, -0.15) is 0 Å². The summed E-state index contributed by atoms with van der Waals surface area (Å²) in [5.41, 5.74) is 0. The average Bonchev–Trinajstić information content (AvgIpc) is 3.28. The molecule has 0 bridgehead atoms. The zero-order valence-corrected chi connectivity index (χ0v) is 13.8. The van der Waals surface area contributed by atoms with Gasteiger partial charge in [0.2, 0.25) is 0 Å². The lowest BCUT2D eigenvalue weighted by molar-refractivity contribution is -0.146. The first-order valence-electron chi connectivity index (χ1n) is 8.49. The fourth-order valence-corrected chi connectivity index (χ4v) is 3.02. The minimum absolute atomic E-state index is 0.109. The Morgan fingerprint density at radius 2 is 1.90 bits per heavy atom. The number of nitrogens with zero attached hydrogens (tertiary/aromatic N) is 2. The molecule has 0 spiro atoms. The number of piperazine rings is 1. The minimum Gasteiger partial charge on any atom is -0.465 e. The molecule has 1 aliphatic heterocycles. The summed E-state index contributed by atoms with van der Waals surface area (Å²) in [5, 5.41) is 3.33. The number of hydrogen-bond acceptors (Lipinski definition) is 5. The Morgan fingerprint density at radius 3 is 2.43 bits per heavy atom. The smallest absolute Gasteiger partial charge is 0.323 e. The maximum Gasteiger partial charge on any atom is 0.323 e. The lowest BCUT2D eigenvalue weighted by Crippen LogP contribution is -2.49. The number of nitrogens with one attached hydrogen (secondary N) is 1. The number of carbonyl (C=O) groups is 1. The summed E-state index contributed by atoms with van der Waals surface area (Å²) >= 11 is 0. The van der Waals surface area contributed by atoms with Crippen LogP contribution in [0.5, 0.6) is 0 Å². The SMILES string of the molecule is CCOC(=O)C(CCN1CCN(C2CC2)CC1)NC(C)C. The van der Waals surface area contributed by atoms with Crippen LogP contribution in [-0.2, 0) is 9.53 Å². The highest BCUT2D eigenvalue weighted by Gasteiger charge is 2.31. The molecule has 21 heavy (non-hydrogen) atoms. The van der Waals surface area contributed by atoms with Crippen LogP contribution in [0.1, 0.15) is 40.0 Å². The van der Waals surface area contributed by atoms with Crippen molar-refractivity contribution in [3.63, 3.8) is 0 Å². The molecule has 1 atom stereocenters. The topological polar surface area (TPSA) is 44.8 Å². The monoisotopic (exact) mass is 297 g/mol. The van der Waals surface area contributed by atoms with Gasteiger partial charge in [0, 0.05) is 44.8 Å². The van der Waals surface area contributed by atoms with Crippen LogP contribution in [0.3, 0.4) is 0 Å². The van der Waals surface area contributed by atoms with Crippen molar-refractivity contribution >= 4 is 5.97 Å². The largest absolute Gasteiger partial charge is 0.465 e. The van der Waals surface area contributed by atoms with Gasteiger partial charge in [0.25, 0.3) is 0 Å². The predicted octanol–water partition coefficient (Wildman–Crippen LogP) is 1.09. The summed E-state index contributed by atoms with van der Waals surface area (Å²) in [6.07, 6.45) is 3.62. The number of hydrogen-bond donors (Lipinski definition) is 1. The first-order chi connectivity index (χ1) is 10.1. The van der Waals surface area contributed by atoms with E-state index in [2.05, 4.69) is 29.0 Å². The van der Waals surface area contributed by atoms with Gasteiger partial charge < -0.3 is 15.0 Å². The summed E-state index contributed by atoms with van der Waals surface area (Å²) in [4.78, 5) is 17.1. The van der Waals surface area contributed by atoms with Crippen LogP contribution in [-0.4, -0.2) is 73.2 Å². The molecule has 122 valence electrons. The Bertz CT molecular complexity index is 323. The van der Waals surface area contributed by atoms with Crippen molar-refractivity contribution in [3.8, 4) is 0 Å². The molecular weight excluding hydrogens is 266 g/mol. The molecule has 2 fully saturated rings. The zero-order chi connectivity index (χ0) is 15.2. The molecule has 0 radical (unpaired) electrons. The summed E-state index contributed by atoms with van der Waals surface area (Å²) < 4.78 is 5.17. The van der Waals surface area contributed by atoms with E-state index in [9.17, 15) is 4.79 Å². The zero-order valence-electron chi connectivity index (χ0n) is 13.8. The highest BCUT2D eigenvalue weighted by Crippen LogP contribution is 2.27. The second-order valence-electron chi connectivity index (χ2n) is 6.52. The average molecular weight is 297 g/mol. The Labute approximate surface area is 129 Å². The van der Waals surface area contributed by atoms with Crippen LogP contribution in [0, 0.1) is 0 Å². The fourth-order valence-electron chi connectivity index (χ4n) is 3.02. The third kappa shape index (κ3) is 5.57. The van der Waals surface area contributed by atoms with Gasteiger partial charge in [0.15, 0.2) is 0 Å². The maximum absolute atomic E-state index is 12.0. The van der Waals surface area contributed by atoms with E-state index in [1.165, 1.54) is 25.9 Å².